The lowest BCUT2D eigenvalue weighted by Gasteiger charge is -2.06. The second-order valence-electron chi connectivity index (χ2n) is 5.51. The van der Waals surface area contributed by atoms with Crippen LogP contribution in [0.2, 0.25) is 28.8 Å². The standard InChI is InChI=1S/C16H14Cl6N2O2S2/c17-9-11(19)15(21)27-13(9)7(25)1-3-23-5-6-24-4-2-8(26)14-10(18)12(20)16(22)28-14/h23-24H,1-6H2. The second-order valence-corrected chi connectivity index (χ2v) is 10.3. The molecule has 0 aliphatic rings. The Bertz CT molecular complexity index is 798. The van der Waals surface area contributed by atoms with Crippen molar-refractivity contribution in [2.45, 2.75) is 12.8 Å². The van der Waals surface area contributed by atoms with Crippen LogP contribution in [0.25, 0.3) is 0 Å². The predicted octanol–water partition coefficient (Wildman–Crippen LogP) is 6.76. The van der Waals surface area contributed by atoms with Gasteiger partial charge in [-0.2, -0.15) is 0 Å². The Morgan fingerprint density at radius 3 is 1.25 bits per heavy atom. The first kappa shape index (κ1) is 24.7. The summed E-state index contributed by atoms with van der Waals surface area (Å²) in [6, 6.07) is 0. The highest BCUT2D eigenvalue weighted by molar-refractivity contribution is 7.20. The number of hydrogen-bond donors (Lipinski definition) is 2. The fraction of sp³-hybridized carbons (Fsp3) is 0.375. The van der Waals surface area contributed by atoms with Gasteiger partial charge in [0.05, 0.1) is 29.8 Å². The van der Waals surface area contributed by atoms with Crippen molar-refractivity contribution in [3.8, 4) is 0 Å². The van der Waals surface area contributed by atoms with Crippen molar-refractivity contribution in [1.29, 1.82) is 0 Å². The summed E-state index contributed by atoms with van der Waals surface area (Å²) in [5, 5.41) is 7.14. The van der Waals surface area contributed by atoms with E-state index in [1.807, 2.05) is 0 Å². The summed E-state index contributed by atoms with van der Waals surface area (Å²) in [4.78, 5) is 25.0. The fourth-order valence-electron chi connectivity index (χ4n) is 2.15. The maximum atomic E-state index is 12.1. The van der Waals surface area contributed by atoms with E-state index in [2.05, 4.69) is 10.6 Å². The van der Waals surface area contributed by atoms with Gasteiger partial charge in [0.25, 0.3) is 0 Å². The number of carbonyl (C=O) groups is 2. The van der Waals surface area contributed by atoms with E-state index in [1.165, 1.54) is 0 Å². The highest BCUT2D eigenvalue weighted by Gasteiger charge is 2.20. The van der Waals surface area contributed by atoms with Crippen molar-refractivity contribution in [2.75, 3.05) is 26.2 Å². The summed E-state index contributed by atoms with van der Waals surface area (Å²) in [6.07, 6.45) is 0.563. The average molecular weight is 543 g/mol. The second kappa shape index (κ2) is 11.7. The largest absolute Gasteiger partial charge is 0.315 e. The molecule has 2 N–H and O–H groups in total. The summed E-state index contributed by atoms with van der Waals surface area (Å²) in [5.41, 5.74) is 0. The summed E-state index contributed by atoms with van der Waals surface area (Å²) < 4.78 is 0.630. The Morgan fingerprint density at radius 1 is 0.607 bits per heavy atom. The van der Waals surface area contributed by atoms with Crippen LogP contribution in [-0.2, 0) is 0 Å². The SMILES string of the molecule is O=C(CCNCCNCCC(=O)c1sc(Cl)c(Cl)c1Cl)c1sc(Cl)c(Cl)c1Cl. The lowest BCUT2D eigenvalue weighted by molar-refractivity contribution is 0.0977. The molecule has 0 bridgehead atoms. The third-order valence-electron chi connectivity index (χ3n) is 3.56. The predicted molar refractivity (Wildman–Crippen MR) is 122 cm³/mol. The molecule has 0 unspecified atom stereocenters. The monoisotopic (exact) mass is 540 g/mol. The molecule has 2 rings (SSSR count). The molecule has 2 heterocycles. The van der Waals surface area contributed by atoms with Gasteiger partial charge in [-0.3, -0.25) is 9.59 Å². The van der Waals surface area contributed by atoms with Crippen molar-refractivity contribution in [3.63, 3.8) is 0 Å². The molecule has 12 heteroatoms. The molecule has 0 saturated heterocycles. The Hall–Kier alpha value is 0.400. The van der Waals surface area contributed by atoms with Gasteiger partial charge in [-0.15, -0.1) is 22.7 Å². The van der Waals surface area contributed by atoms with Gasteiger partial charge in [-0.25, -0.2) is 0 Å². The molecule has 0 saturated carbocycles. The topological polar surface area (TPSA) is 58.2 Å². The van der Waals surface area contributed by atoms with Gasteiger partial charge in [-0.1, -0.05) is 69.6 Å². The minimum Gasteiger partial charge on any atom is -0.315 e. The van der Waals surface area contributed by atoms with Crippen LogP contribution < -0.4 is 10.6 Å². The average Bonchev–Trinajstić information content (AvgIpc) is 3.08. The van der Waals surface area contributed by atoms with Crippen LogP contribution in [0.4, 0.5) is 0 Å². The molecule has 0 amide bonds. The van der Waals surface area contributed by atoms with Gasteiger partial charge in [0.15, 0.2) is 11.6 Å². The number of Topliss-reactive ketones (excluding diaryl/α,β-unsaturated/α-hetero) is 2. The van der Waals surface area contributed by atoms with Crippen molar-refractivity contribution >= 4 is 104 Å². The molecular weight excluding hydrogens is 529 g/mol. The van der Waals surface area contributed by atoms with Gasteiger partial charge < -0.3 is 10.6 Å². The molecular formula is C16H14Cl6N2O2S2. The van der Waals surface area contributed by atoms with E-state index in [-0.39, 0.29) is 44.5 Å². The Kier molecular flexibility index (Phi) is 10.3. The summed E-state index contributed by atoms with van der Waals surface area (Å²) >= 11 is 37.6. The molecule has 4 nitrogen and oxygen atoms in total. The first-order chi connectivity index (χ1) is 13.2. The molecule has 154 valence electrons. The van der Waals surface area contributed by atoms with Crippen LogP contribution in [0.5, 0.6) is 0 Å². The molecule has 0 aromatic carbocycles. The van der Waals surface area contributed by atoms with Crippen molar-refractivity contribution in [2.24, 2.45) is 0 Å². The summed E-state index contributed by atoms with van der Waals surface area (Å²) in [7, 11) is 0. The molecule has 0 aliphatic heterocycles. The fourth-order valence-corrected chi connectivity index (χ4v) is 5.73. The highest BCUT2D eigenvalue weighted by Crippen LogP contribution is 2.41. The van der Waals surface area contributed by atoms with E-state index in [4.69, 9.17) is 69.6 Å². The van der Waals surface area contributed by atoms with Gasteiger partial charge in [0, 0.05) is 39.0 Å². The normalized spacial score (nSPS) is 11.2. The number of rotatable bonds is 11. The minimum atomic E-state index is -0.111. The lowest BCUT2D eigenvalue weighted by atomic mass is 10.2. The molecule has 2 aromatic rings. The molecule has 2 aromatic heterocycles. The number of carbonyl (C=O) groups excluding carboxylic acids is 2. The Labute approximate surface area is 200 Å². The first-order valence-electron chi connectivity index (χ1n) is 7.98. The van der Waals surface area contributed by atoms with Gasteiger partial charge in [0.2, 0.25) is 0 Å². The minimum absolute atomic E-state index is 0.111. The van der Waals surface area contributed by atoms with Crippen LogP contribution in [0.15, 0.2) is 0 Å². The van der Waals surface area contributed by atoms with Crippen LogP contribution in [-0.4, -0.2) is 37.7 Å². The van der Waals surface area contributed by atoms with Gasteiger partial charge in [-0.05, 0) is 0 Å². The zero-order valence-corrected chi connectivity index (χ0v) is 20.3. The van der Waals surface area contributed by atoms with Crippen LogP contribution in [0.3, 0.4) is 0 Å². The Morgan fingerprint density at radius 2 is 0.964 bits per heavy atom. The maximum Gasteiger partial charge on any atom is 0.175 e. The van der Waals surface area contributed by atoms with Gasteiger partial charge in [0.1, 0.15) is 8.67 Å². The first-order valence-corrected chi connectivity index (χ1v) is 11.9. The number of thiophene rings is 2. The summed E-state index contributed by atoms with van der Waals surface area (Å²) in [6.45, 7) is 2.26. The molecule has 0 fully saturated rings. The highest BCUT2D eigenvalue weighted by atomic mass is 35.5. The number of halogens is 6. The van der Waals surface area contributed by atoms with Crippen molar-refractivity contribution in [3.05, 3.63) is 38.5 Å². The van der Waals surface area contributed by atoms with Gasteiger partial charge >= 0.3 is 0 Å². The van der Waals surface area contributed by atoms with E-state index >= 15 is 0 Å². The van der Waals surface area contributed by atoms with Crippen molar-refractivity contribution < 1.29 is 9.59 Å². The number of ketones is 2. The number of nitrogens with one attached hydrogen (secondary N) is 2. The van der Waals surface area contributed by atoms with Crippen LogP contribution in [0.1, 0.15) is 32.2 Å². The summed E-state index contributed by atoms with van der Waals surface area (Å²) in [5.74, 6) is -0.222. The van der Waals surface area contributed by atoms with E-state index in [0.29, 0.717) is 44.6 Å². The molecule has 28 heavy (non-hydrogen) atoms. The third-order valence-corrected chi connectivity index (χ3v) is 8.78. The molecule has 0 radical (unpaired) electrons. The molecule has 0 atom stereocenters. The number of hydrogen-bond acceptors (Lipinski definition) is 6. The lowest BCUT2D eigenvalue weighted by Crippen LogP contribution is -2.30. The van der Waals surface area contributed by atoms with E-state index < -0.39 is 0 Å². The maximum absolute atomic E-state index is 12.1. The Balaban J connectivity index is 1.59. The van der Waals surface area contributed by atoms with E-state index in [1.54, 1.807) is 0 Å². The zero-order valence-electron chi connectivity index (χ0n) is 14.1. The zero-order chi connectivity index (χ0) is 20.8. The van der Waals surface area contributed by atoms with Crippen LogP contribution >= 0.6 is 92.3 Å². The van der Waals surface area contributed by atoms with E-state index in [9.17, 15) is 9.59 Å². The quantitative estimate of drug-likeness (QED) is 0.243. The molecule has 0 spiro atoms. The van der Waals surface area contributed by atoms with Crippen molar-refractivity contribution in [1.82, 2.24) is 10.6 Å². The third kappa shape index (κ3) is 6.45. The van der Waals surface area contributed by atoms with Crippen LogP contribution in [0, 0.1) is 0 Å². The van der Waals surface area contributed by atoms with E-state index in [0.717, 1.165) is 22.7 Å². The molecule has 0 aliphatic carbocycles. The smallest absolute Gasteiger partial charge is 0.175 e.